The highest BCUT2D eigenvalue weighted by molar-refractivity contribution is 6.02. The van der Waals surface area contributed by atoms with E-state index in [-0.39, 0.29) is 23.5 Å². The fourth-order valence-corrected chi connectivity index (χ4v) is 1.09. The van der Waals surface area contributed by atoms with E-state index in [1.54, 1.807) is 6.92 Å². The van der Waals surface area contributed by atoms with Gasteiger partial charge < -0.3 is 10.8 Å². The van der Waals surface area contributed by atoms with Crippen LogP contribution in [0.1, 0.15) is 24.2 Å². The Morgan fingerprint density at radius 1 is 1.56 bits per heavy atom. The Morgan fingerprint density at radius 2 is 2.06 bits per heavy atom. The highest BCUT2D eigenvalue weighted by atomic mass is 16.6. The number of hydrogen-bond donors (Lipinski definition) is 2. The number of Topliss-reactive ketones (excluding diaryl/α,β-unsaturated/α-hetero) is 1. The number of ketones is 1. The van der Waals surface area contributed by atoms with Gasteiger partial charge in [0.2, 0.25) is 0 Å². The predicted octanol–water partition coefficient (Wildman–Crippen LogP) is 1.38. The summed E-state index contributed by atoms with van der Waals surface area (Å²) >= 11 is 0. The number of benzene rings is 1. The van der Waals surface area contributed by atoms with E-state index >= 15 is 0 Å². The molecule has 3 N–H and O–H groups in total. The summed E-state index contributed by atoms with van der Waals surface area (Å²) in [7, 11) is 0. The standard InChI is InChI=1S/C8H8N2O3.C2H6O/c1-5(11)8-6(9)3-2-4-7(8)10(12)13;1-2-3/h2-4H,9H2,1H3;3H,2H2,1H3. The number of nitro benzene ring substituents is 1. The summed E-state index contributed by atoms with van der Waals surface area (Å²) in [6.45, 7) is 3.18. The smallest absolute Gasteiger partial charge is 0.282 e. The summed E-state index contributed by atoms with van der Waals surface area (Å²) in [5.41, 5.74) is 5.31. The third kappa shape index (κ3) is 3.66. The van der Waals surface area contributed by atoms with Crippen LogP contribution in [0.2, 0.25) is 0 Å². The zero-order valence-corrected chi connectivity index (χ0v) is 9.14. The molecule has 0 unspecified atom stereocenters. The fraction of sp³-hybridized carbons (Fsp3) is 0.300. The normalized spacial score (nSPS) is 8.94. The van der Waals surface area contributed by atoms with Gasteiger partial charge in [0.1, 0.15) is 5.56 Å². The van der Waals surface area contributed by atoms with Crippen LogP contribution in [-0.4, -0.2) is 22.4 Å². The van der Waals surface area contributed by atoms with E-state index in [1.165, 1.54) is 25.1 Å². The number of carbonyl (C=O) groups excluding carboxylic acids is 1. The average Bonchev–Trinajstić information content (AvgIpc) is 2.17. The van der Waals surface area contributed by atoms with Crippen LogP contribution in [-0.2, 0) is 0 Å². The van der Waals surface area contributed by atoms with Crippen molar-refractivity contribution in [2.45, 2.75) is 13.8 Å². The van der Waals surface area contributed by atoms with Crippen molar-refractivity contribution in [1.82, 2.24) is 0 Å². The Kier molecular flexibility index (Phi) is 5.72. The van der Waals surface area contributed by atoms with Crippen LogP contribution in [0.15, 0.2) is 18.2 Å². The largest absolute Gasteiger partial charge is 0.398 e. The van der Waals surface area contributed by atoms with Crippen LogP contribution >= 0.6 is 0 Å². The van der Waals surface area contributed by atoms with E-state index in [2.05, 4.69) is 0 Å². The second kappa shape index (κ2) is 6.52. The quantitative estimate of drug-likeness (QED) is 0.343. The monoisotopic (exact) mass is 226 g/mol. The number of nitrogens with zero attached hydrogens (tertiary/aromatic N) is 1. The van der Waals surface area contributed by atoms with Gasteiger partial charge in [-0.15, -0.1) is 0 Å². The van der Waals surface area contributed by atoms with Crippen molar-refractivity contribution in [3.05, 3.63) is 33.9 Å². The average molecular weight is 226 g/mol. The van der Waals surface area contributed by atoms with Gasteiger partial charge in [-0.3, -0.25) is 14.9 Å². The second-order valence-electron chi connectivity index (χ2n) is 2.87. The molecule has 1 aromatic rings. The van der Waals surface area contributed by atoms with Gasteiger partial charge in [0.05, 0.1) is 4.92 Å². The van der Waals surface area contributed by atoms with Crippen molar-refractivity contribution in [3.8, 4) is 0 Å². The molecule has 0 bridgehead atoms. The number of aliphatic hydroxyl groups is 1. The minimum Gasteiger partial charge on any atom is -0.398 e. The van der Waals surface area contributed by atoms with Gasteiger partial charge in [-0.1, -0.05) is 6.07 Å². The zero-order chi connectivity index (χ0) is 12.7. The molecule has 0 amide bonds. The summed E-state index contributed by atoms with van der Waals surface area (Å²) in [5, 5.41) is 18.0. The lowest BCUT2D eigenvalue weighted by Crippen LogP contribution is -2.04. The lowest BCUT2D eigenvalue weighted by atomic mass is 10.1. The number of nitro groups is 1. The van der Waals surface area contributed by atoms with Crippen LogP contribution in [0.4, 0.5) is 11.4 Å². The van der Waals surface area contributed by atoms with E-state index in [9.17, 15) is 14.9 Å². The van der Waals surface area contributed by atoms with Crippen LogP contribution < -0.4 is 5.73 Å². The predicted molar refractivity (Wildman–Crippen MR) is 60.3 cm³/mol. The Bertz CT molecular complexity index is 390. The first kappa shape index (κ1) is 14.1. The molecule has 0 heterocycles. The summed E-state index contributed by atoms with van der Waals surface area (Å²) < 4.78 is 0. The molecule has 0 atom stereocenters. The Labute approximate surface area is 92.8 Å². The van der Waals surface area contributed by atoms with Crippen molar-refractivity contribution in [2.24, 2.45) is 0 Å². The SMILES string of the molecule is CC(=O)c1c(N)cccc1[N+](=O)[O-].CCO. The molecule has 0 spiro atoms. The van der Waals surface area contributed by atoms with Gasteiger partial charge in [-0.05, 0) is 19.9 Å². The maximum atomic E-state index is 11.0. The van der Waals surface area contributed by atoms with E-state index in [0.717, 1.165) is 0 Å². The van der Waals surface area contributed by atoms with Crippen LogP contribution in [0, 0.1) is 10.1 Å². The van der Waals surface area contributed by atoms with Crippen LogP contribution in [0.3, 0.4) is 0 Å². The van der Waals surface area contributed by atoms with Gasteiger partial charge in [0.15, 0.2) is 5.78 Å². The Hall–Kier alpha value is -1.95. The molecular formula is C10H14N2O4. The van der Waals surface area contributed by atoms with Crippen molar-refractivity contribution >= 4 is 17.2 Å². The molecule has 0 aliphatic heterocycles. The Balaban J connectivity index is 0.000000673. The fourth-order valence-electron chi connectivity index (χ4n) is 1.09. The van der Waals surface area contributed by atoms with Crippen molar-refractivity contribution < 1.29 is 14.8 Å². The topological polar surface area (TPSA) is 106 Å². The molecule has 0 aliphatic rings. The number of nitrogens with two attached hydrogens (primary N) is 1. The molecule has 0 aliphatic carbocycles. The third-order valence-corrected chi connectivity index (χ3v) is 1.62. The molecule has 0 aromatic heterocycles. The third-order valence-electron chi connectivity index (χ3n) is 1.62. The highest BCUT2D eigenvalue weighted by Gasteiger charge is 2.19. The molecule has 6 heteroatoms. The molecule has 1 aromatic carbocycles. The number of carbonyl (C=O) groups is 1. The molecule has 1 rings (SSSR count). The minimum atomic E-state index is -0.618. The highest BCUT2D eigenvalue weighted by Crippen LogP contribution is 2.24. The molecule has 16 heavy (non-hydrogen) atoms. The maximum absolute atomic E-state index is 11.0. The van der Waals surface area contributed by atoms with Crippen molar-refractivity contribution in [3.63, 3.8) is 0 Å². The van der Waals surface area contributed by atoms with E-state index < -0.39 is 10.7 Å². The number of anilines is 1. The summed E-state index contributed by atoms with van der Waals surface area (Å²) in [6.07, 6.45) is 0. The molecule has 0 radical (unpaired) electrons. The number of nitrogen functional groups attached to an aromatic ring is 1. The number of rotatable bonds is 2. The molecule has 88 valence electrons. The minimum absolute atomic E-state index is 0.0208. The first-order valence-corrected chi connectivity index (χ1v) is 4.60. The van der Waals surface area contributed by atoms with Crippen LogP contribution in [0.25, 0.3) is 0 Å². The maximum Gasteiger partial charge on any atom is 0.282 e. The summed E-state index contributed by atoms with van der Waals surface area (Å²) in [4.78, 5) is 20.9. The lowest BCUT2D eigenvalue weighted by molar-refractivity contribution is -0.385. The number of hydrogen-bond acceptors (Lipinski definition) is 5. The van der Waals surface area contributed by atoms with Crippen molar-refractivity contribution in [2.75, 3.05) is 12.3 Å². The second-order valence-corrected chi connectivity index (χ2v) is 2.87. The summed E-state index contributed by atoms with van der Waals surface area (Å²) in [6, 6.07) is 4.16. The van der Waals surface area contributed by atoms with Gasteiger partial charge in [0, 0.05) is 18.4 Å². The molecule has 0 fully saturated rings. The van der Waals surface area contributed by atoms with E-state index in [1.807, 2.05) is 0 Å². The zero-order valence-electron chi connectivity index (χ0n) is 9.14. The van der Waals surface area contributed by atoms with Crippen molar-refractivity contribution in [1.29, 1.82) is 0 Å². The van der Waals surface area contributed by atoms with Gasteiger partial charge in [-0.25, -0.2) is 0 Å². The molecule has 6 nitrogen and oxygen atoms in total. The summed E-state index contributed by atoms with van der Waals surface area (Å²) in [5.74, 6) is -0.398. The van der Waals surface area contributed by atoms with E-state index in [0.29, 0.717) is 0 Å². The number of aliphatic hydroxyl groups excluding tert-OH is 1. The molecule has 0 saturated carbocycles. The van der Waals surface area contributed by atoms with Crippen LogP contribution in [0.5, 0.6) is 0 Å². The van der Waals surface area contributed by atoms with Gasteiger partial charge in [-0.2, -0.15) is 0 Å². The van der Waals surface area contributed by atoms with Gasteiger partial charge in [0.25, 0.3) is 5.69 Å². The molecular weight excluding hydrogens is 212 g/mol. The molecule has 0 saturated heterocycles. The van der Waals surface area contributed by atoms with E-state index in [4.69, 9.17) is 10.8 Å². The lowest BCUT2D eigenvalue weighted by Gasteiger charge is -2.01. The Morgan fingerprint density at radius 3 is 2.38 bits per heavy atom. The first-order chi connectivity index (χ1) is 7.45. The first-order valence-electron chi connectivity index (χ1n) is 4.60. The van der Waals surface area contributed by atoms with Gasteiger partial charge >= 0.3 is 0 Å².